The highest BCUT2D eigenvalue weighted by atomic mass is 19.3. The highest BCUT2D eigenvalue weighted by molar-refractivity contribution is 5.99. The van der Waals surface area contributed by atoms with Crippen LogP contribution in [0.1, 0.15) is 44.9 Å². The number of aromatic nitrogens is 2. The first-order valence-electron chi connectivity index (χ1n) is 10.3. The van der Waals surface area contributed by atoms with Crippen LogP contribution >= 0.6 is 0 Å². The van der Waals surface area contributed by atoms with Crippen molar-refractivity contribution < 1.29 is 18.4 Å². The lowest BCUT2D eigenvalue weighted by atomic mass is 10.0. The Bertz CT molecular complexity index is 1180. The molecule has 8 heteroatoms. The average Bonchev–Trinajstić information content (AvgIpc) is 3.11. The molecule has 0 aliphatic heterocycles. The van der Waals surface area contributed by atoms with E-state index < -0.39 is 11.8 Å². The summed E-state index contributed by atoms with van der Waals surface area (Å²) in [7, 11) is 1.50. The summed E-state index contributed by atoms with van der Waals surface area (Å²) in [6.07, 6.45) is 1.96. The van der Waals surface area contributed by atoms with Gasteiger partial charge in [0.05, 0.1) is 0 Å². The zero-order chi connectivity index (χ0) is 21.8. The molecule has 0 spiro atoms. The molecule has 160 valence electrons. The topological polar surface area (TPSA) is 86.9 Å². The molecule has 0 bridgehead atoms. The number of amides is 2. The molecule has 1 aromatic carbocycles. The summed E-state index contributed by atoms with van der Waals surface area (Å²) in [6.45, 7) is 0. The van der Waals surface area contributed by atoms with Crippen LogP contribution in [0.3, 0.4) is 0 Å². The molecule has 2 aromatic heterocycles. The van der Waals surface area contributed by atoms with Gasteiger partial charge in [-0.2, -0.15) is 0 Å². The van der Waals surface area contributed by atoms with Crippen LogP contribution < -0.4 is 10.6 Å². The molecule has 2 heterocycles. The van der Waals surface area contributed by atoms with Gasteiger partial charge in [-0.1, -0.05) is 12.1 Å². The number of alkyl halides is 2. The van der Waals surface area contributed by atoms with Crippen molar-refractivity contribution in [2.24, 2.45) is 11.8 Å². The van der Waals surface area contributed by atoms with Gasteiger partial charge in [-0.25, -0.2) is 13.8 Å². The van der Waals surface area contributed by atoms with Gasteiger partial charge < -0.3 is 15.6 Å². The van der Waals surface area contributed by atoms with E-state index >= 15 is 0 Å². The van der Waals surface area contributed by atoms with Gasteiger partial charge >= 0.3 is 0 Å². The van der Waals surface area contributed by atoms with Crippen molar-refractivity contribution in [3.8, 4) is 0 Å². The van der Waals surface area contributed by atoms with Crippen LogP contribution in [0.15, 0.2) is 42.6 Å². The van der Waals surface area contributed by atoms with Crippen LogP contribution in [0.4, 0.5) is 8.78 Å². The number of nitrogens with one attached hydrogen (secondary N) is 3. The van der Waals surface area contributed by atoms with E-state index in [-0.39, 0.29) is 42.3 Å². The Balaban J connectivity index is 1.40. The molecule has 0 radical (unpaired) electrons. The SMILES string of the molecule is CNC(=O)c1cc(C(=O)NC2C3CC(F)(F)CC32)cc(Cc2cccc3[nH]ccc23)n1. The first-order valence-corrected chi connectivity index (χ1v) is 10.3. The quantitative estimate of drug-likeness (QED) is 0.588. The second-order valence-corrected chi connectivity index (χ2v) is 8.44. The molecule has 3 N–H and O–H groups in total. The Kier molecular flexibility index (Phi) is 4.53. The van der Waals surface area contributed by atoms with E-state index in [0.29, 0.717) is 17.7 Å². The number of benzene rings is 1. The molecule has 2 amide bonds. The maximum atomic E-state index is 13.4. The molecule has 2 fully saturated rings. The number of hydrogen-bond donors (Lipinski definition) is 3. The first kappa shape index (κ1) is 19.7. The van der Waals surface area contributed by atoms with E-state index in [2.05, 4.69) is 20.6 Å². The Labute approximate surface area is 177 Å². The molecular weight excluding hydrogens is 402 g/mol. The van der Waals surface area contributed by atoms with Gasteiger partial charge in [-0.05, 0) is 41.7 Å². The van der Waals surface area contributed by atoms with Gasteiger partial charge in [0.25, 0.3) is 11.8 Å². The molecule has 2 atom stereocenters. The molecule has 3 aromatic rings. The second kappa shape index (κ2) is 7.14. The number of aromatic amines is 1. The second-order valence-electron chi connectivity index (χ2n) is 8.44. The molecule has 2 saturated carbocycles. The Morgan fingerprint density at radius 1 is 1.16 bits per heavy atom. The number of nitrogens with zero attached hydrogens (tertiary/aromatic N) is 1. The number of carbonyl (C=O) groups is 2. The number of carbonyl (C=O) groups excluding carboxylic acids is 2. The van der Waals surface area contributed by atoms with Crippen molar-refractivity contribution in [2.45, 2.75) is 31.2 Å². The van der Waals surface area contributed by atoms with Crippen molar-refractivity contribution in [3.05, 3.63) is 65.1 Å². The zero-order valence-electron chi connectivity index (χ0n) is 16.9. The predicted octanol–water partition coefficient (Wildman–Crippen LogP) is 3.29. The summed E-state index contributed by atoms with van der Waals surface area (Å²) < 4.78 is 26.8. The smallest absolute Gasteiger partial charge is 0.269 e. The Morgan fingerprint density at radius 3 is 2.68 bits per heavy atom. The summed E-state index contributed by atoms with van der Waals surface area (Å²) in [5.41, 5.74) is 3.05. The van der Waals surface area contributed by atoms with Gasteiger partial charge in [-0.3, -0.25) is 9.59 Å². The monoisotopic (exact) mass is 424 g/mol. The maximum absolute atomic E-state index is 13.4. The van der Waals surface area contributed by atoms with Gasteiger partial charge in [0.2, 0.25) is 5.92 Å². The molecule has 2 aliphatic rings. The van der Waals surface area contributed by atoms with E-state index in [9.17, 15) is 18.4 Å². The van der Waals surface area contributed by atoms with Crippen LogP contribution in [0, 0.1) is 11.8 Å². The summed E-state index contributed by atoms with van der Waals surface area (Å²) in [5.74, 6) is -3.70. The van der Waals surface area contributed by atoms with E-state index in [0.717, 1.165) is 16.5 Å². The van der Waals surface area contributed by atoms with E-state index in [1.165, 1.54) is 13.1 Å². The molecule has 6 nitrogen and oxygen atoms in total. The highest BCUT2D eigenvalue weighted by Crippen LogP contribution is 2.58. The largest absolute Gasteiger partial charge is 0.361 e. The third-order valence-electron chi connectivity index (χ3n) is 6.36. The fourth-order valence-corrected chi connectivity index (χ4v) is 4.78. The number of H-pyrrole nitrogens is 1. The third kappa shape index (κ3) is 3.66. The van der Waals surface area contributed by atoms with Crippen LogP contribution in [0.5, 0.6) is 0 Å². The minimum atomic E-state index is -2.62. The number of hydrogen-bond acceptors (Lipinski definition) is 3. The lowest BCUT2D eigenvalue weighted by Gasteiger charge is -2.14. The minimum absolute atomic E-state index is 0.147. The molecule has 0 saturated heterocycles. The predicted molar refractivity (Wildman–Crippen MR) is 111 cm³/mol. The van der Waals surface area contributed by atoms with Gasteiger partial charge in [0.1, 0.15) is 5.69 Å². The standard InChI is InChI=1S/C23H22F2N4O2/c1-26-22(31)19-9-13(21(30)29-20-16-10-23(24,25)11-17(16)20)8-14(28-19)7-12-3-2-4-18-15(12)5-6-27-18/h2-6,8-9,16-17,20,27H,7,10-11H2,1H3,(H,26,31)(H,29,30). The zero-order valence-corrected chi connectivity index (χ0v) is 16.9. The van der Waals surface area contributed by atoms with E-state index in [1.807, 2.05) is 30.5 Å². The van der Waals surface area contributed by atoms with Crippen LogP contribution in [0.2, 0.25) is 0 Å². The lowest BCUT2D eigenvalue weighted by Crippen LogP contribution is -2.31. The van der Waals surface area contributed by atoms with Gasteiger partial charge in [0, 0.05) is 60.7 Å². The van der Waals surface area contributed by atoms with Crippen molar-refractivity contribution in [1.82, 2.24) is 20.6 Å². The molecular formula is C23H22F2N4O2. The van der Waals surface area contributed by atoms with Crippen molar-refractivity contribution in [1.29, 1.82) is 0 Å². The van der Waals surface area contributed by atoms with Crippen LogP contribution in [0.25, 0.3) is 10.9 Å². The summed E-state index contributed by atoms with van der Waals surface area (Å²) >= 11 is 0. The normalized spacial score (nSPS) is 23.4. The van der Waals surface area contributed by atoms with Gasteiger partial charge in [0.15, 0.2) is 0 Å². The minimum Gasteiger partial charge on any atom is -0.361 e. The molecule has 2 aliphatic carbocycles. The lowest BCUT2D eigenvalue weighted by molar-refractivity contribution is -0.00623. The summed E-state index contributed by atoms with van der Waals surface area (Å²) in [4.78, 5) is 32.7. The number of fused-ring (bicyclic) bond motifs is 2. The van der Waals surface area contributed by atoms with Gasteiger partial charge in [-0.15, -0.1) is 0 Å². The maximum Gasteiger partial charge on any atom is 0.269 e. The average molecular weight is 424 g/mol. The number of rotatable bonds is 5. The summed E-state index contributed by atoms with van der Waals surface area (Å²) in [5, 5.41) is 6.46. The Morgan fingerprint density at radius 2 is 1.94 bits per heavy atom. The van der Waals surface area contributed by atoms with E-state index in [4.69, 9.17) is 0 Å². The van der Waals surface area contributed by atoms with Crippen molar-refractivity contribution in [3.63, 3.8) is 0 Å². The Hall–Kier alpha value is -3.29. The summed E-state index contributed by atoms with van der Waals surface area (Å²) in [6, 6.07) is 10.8. The van der Waals surface area contributed by atoms with Crippen molar-refractivity contribution in [2.75, 3.05) is 7.05 Å². The fraction of sp³-hybridized carbons (Fsp3) is 0.348. The van der Waals surface area contributed by atoms with Crippen molar-refractivity contribution >= 4 is 22.7 Å². The van der Waals surface area contributed by atoms with E-state index in [1.54, 1.807) is 6.07 Å². The van der Waals surface area contributed by atoms with Crippen LogP contribution in [-0.4, -0.2) is 40.8 Å². The number of halogens is 2. The molecule has 2 unspecified atom stereocenters. The fourth-order valence-electron chi connectivity index (χ4n) is 4.78. The molecule has 31 heavy (non-hydrogen) atoms. The molecule has 5 rings (SSSR count). The first-order chi connectivity index (χ1) is 14.8. The number of pyridine rings is 1. The highest BCUT2D eigenvalue weighted by Gasteiger charge is 2.63. The van der Waals surface area contributed by atoms with Crippen LogP contribution in [-0.2, 0) is 6.42 Å². The third-order valence-corrected chi connectivity index (χ3v) is 6.36.